The third-order valence-corrected chi connectivity index (χ3v) is 2.90. The Morgan fingerprint density at radius 2 is 2.06 bits per heavy atom. The van der Waals surface area contributed by atoms with Gasteiger partial charge in [-0.05, 0) is 19.1 Å². The molecule has 1 aliphatic rings. The second-order valence-corrected chi connectivity index (χ2v) is 4.26. The number of anilines is 1. The molecule has 0 fully saturated rings. The highest BCUT2D eigenvalue weighted by molar-refractivity contribution is 6.30. The van der Waals surface area contributed by atoms with Gasteiger partial charge in [0.25, 0.3) is 0 Å². The zero-order valence-electron chi connectivity index (χ0n) is 9.17. The molecule has 0 N–H and O–H groups in total. The Kier molecular flexibility index (Phi) is 3.18. The molecule has 98 valence electrons. The average molecular weight is 282 g/mol. The van der Waals surface area contributed by atoms with Gasteiger partial charge in [0.05, 0.1) is 17.3 Å². The maximum atomic E-state index is 13.5. The van der Waals surface area contributed by atoms with E-state index in [-0.39, 0.29) is 16.3 Å². The number of halogens is 5. The third kappa shape index (κ3) is 2.27. The van der Waals surface area contributed by atoms with Crippen LogP contribution in [0.3, 0.4) is 0 Å². The van der Waals surface area contributed by atoms with Crippen LogP contribution in [-0.4, -0.2) is 18.8 Å². The van der Waals surface area contributed by atoms with Gasteiger partial charge in [-0.3, -0.25) is 0 Å². The highest BCUT2D eigenvalue weighted by Gasteiger charge is 2.44. The van der Waals surface area contributed by atoms with E-state index in [1.54, 1.807) is 0 Å². The van der Waals surface area contributed by atoms with Gasteiger partial charge in [0.2, 0.25) is 0 Å². The summed E-state index contributed by atoms with van der Waals surface area (Å²) >= 11 is 5.57. The molecule has 0 saturated heterocycles. The Hall–Kier alpha value is -1.37. The number of rotatable bonds is 1. The Labute approximate surface area is 105 Å². The van der Waals surface area contributed by atoms with Gasteiger partial charge in [-0.1, -0.05) is 16.8 Å². The monoisotopic (exact) mass is 281 g/mol. The second kappa shape index (κ2) is 4.38. The molecule has 18 heavy (non-hydrogen) atoms. The minimum Gasteiger partial charge on any atom is -0.244 e. The standard InChI is InChI=1S/C10H8ClF4N3/c1-5-7(3-2-6(11)9(5)12)18-4-8(16-17-18)10(13,14)15/h2-3,8H,4H2,1H3. The lowest BCUT2D eigenvalue weighted by Gasteiger charge is -2.17. The molecular formula is C10H8ClF4N3. The molecule has 0 aromatic heterocycles. The molecule has 3 nitrogen and oxygen atoms in total. The number of hydrogen-bond donors (Lipinski definition) is 0. The first kappa shape index (κ1) is 13.1. The Balaban J connectivity index is 2.26. The first-order valence-corrected chi connectivity index (χ1v) is 5.38. The van der Waals surface area contributed by atoms with E-state index in [0.717, 1.165) is 5.01 Å². The highest BCUT2D eigenvalue weighted by Crippen LogP contribution is 2.33. The molecule has 1 aromatic rings. The van der Waals surface area contributed by atoms with Crippen molar-refractivity contribution < 1.29 is 17.6 Å². The summed E-state index contributed by atoms with van der Waals surface area (Å²) in [5.74, 6) is -0.667. The van der Waals surface area contributed by atoms with Gasteiger partial charge in [0, 0.05) is 5.56 Å². The lowest BCUT2D eigenvalue weighted by molar-refractivity contribution is -0.143. The van der Waals surface area contributed by atoms with Gasteiger partial charge in [0.1, 0.15) is 5.82 Å². The van der Waals surface area contributed by atoms with E-state index in [1.165, 1.54) is 19.1 Å². The predicted molar refractivity (Wildman–Crippen MR) is 58.2 cm³/mol. The van der Waals surface area contributed by atoms with Crippen molar-refractivity contribution >= 4 is 17.3 Å². The quantitative estimate of drug-likeness (QED) is 0.717. The van der Waals surface area contributed by atoms with Gasteiger partial charge < -0.3 is 0 Å². The van der Waals surface area contributed by atoms with E-state index < -0.39 is 24.6 Å². The summed E-state index contributed by atoms with van der Waals surface area (Å²) in [6.07, 6.45) is -4.45. The van der Waals surface area contributed by atoms with Crippen molar-refractivity contribution in [2.24, 2.45) is 10.3 Å². The van der Waals surface area contributed by atoms with E-state index in [4.69, 9.17) is 11.6 Å². The Morgan fingerprint density at radius 3 is 2.61 bits per heavy atom. The minimum atomic E-state index is -4.45. The molecule has 0 spiro atoms. The fourth-order valence-electron chi connectivity index (χ4n) is 1.60. The van der Waals surface area contributed by atoms with E-state index in [1.807, 2.05) is 0 Å². The molecule has 0 radical (unpaired) electrons. The lowest BCUT2D eigenvalue weighted by Crippen LogP contribution is -2.33. The largest absolute Gasteiger partial charge is 0.414 e. The van der Waals surface area contributed by atoms with Crippen LogP contribution in [0.2, 0.25) is 5.02 Å². The molecule has 2 rings (SSSR count). The number of hydrogen-bond acceptors (Lipinski definition) is 3. The fourth-order valence-corrected chi connectivity index (χ4v) is 1.80. The summed E-state index contributed by atoms with van der Waals surface area (Å²) in [5, 5.41) is 7.48. The molecule has 1 heterocycles. The van der Waals surface area contributed by atoms with Crippen molar-refractivity contribution in [3.05, 3.63) is 28.5 Å². The van der Waals surface area contributed by atoms with Gasteiger partial charge in [0.15, 0.2) is 6.04 Å². The zero-order valence-corrected chi connectivity index (χ0v) is 9.93. The Bertz CT molecular complexity index is 501. The van der Waals surface area contributed by atoms with E-state index in [2.05, 4.69) is 10.3 Å². The molecule has 8 heteroatoms. The van der Waals surface area contributed by atoms with Gasteiger partial charge in [-0.25, -0.2) is 9.40 Å². The summed E-state index contributed by atoms with van der Waals surface area (Å²) in [6, 6.07) is 0.810. The molecule has 0 aliphatic carbocycles. The van der Waals surface area contributed by atoms with Gasteiger partial charge in [-0.2, -0.15) is 18.3 Å². The molecule has 1 aliphatic heterocycles. The topological polar surface area (TPSA) is 28.0 Å². The van der Waals surface area contributed by atoms with Crippen molar-refractivity contribution in [1.29, 1.82) is 0 Å². The second-order valence-electron chi connectivity index (χ2n) is 3.85. The van der Waals surface area contributed by atoms with Crippen molar-refractivity contribution in [3.8, 4) is 0 Å². The SMILES string of the molecule is Cc1c(N2CC(C(F)(F)F)N=N2)ccc(Cl)c1F. The van der Waals surface area contributed by atoms with Gasteiger partial charge >= 0.3 is 6.18 Å². The smallest absolute Gasteiger partial charge is 0.244 e. The third-order valence-electron chi connectivity index (χ3n) is 2.61. The Morgan fingerprint density at radius 1 is 1.39 bits per heavy atom. The average Bonchev–Trinajstić information content (AvgIpc) is 2.75. The van der Waals surface area contributed by atoms with Crippen molar-refractivity contribution in [1.82, 2.24) is 0 Å². The lowest BCUT2D eigenvalue weighted by atomic mass is 10.1. The van der Waals surface area contributed by atoms with E-state index in [0.29, 0.717) is 0 Å². The summed E-state index contributed by atoms with van der Waals surface area (Å²) in [4.78, 5) is 0. The first-order chi connectivity index (χ1) is 8.30. The minimum absolute atomic E-state index is 0.0836. The number of benzene rings is 1. The van der Waals surface area contributed by atoms with Crippen molar-refractivity contribution in [2.75, 3.05) is 11.6 Å². The number of alkyl halides is 3. The van der Waals surface area contributed by atoms with Crippen LogP contribution >= 0.6 is 11.6 Å². The summed E-state index contributed by atoms with van der Waals surface area (Å²) in [7, 11) is 0. The van der Waals surface area contributed by atoms with Crippen LogP contribution in [0.25, 0.3) is 0 Å². The molecule has 0 bridgehead atoms. The molecular weight excluding hydrogens is 274 g/mol. The van der Waals surface area contributed by atoms with Crippen LogP contribution < -0.4 is 5.01 Å². The van der Waals surface area contributed by atoms with Crippen LogP contribution in [0, 0.1) is 12.7 Å². The maximum absolute atomic E-state index is 13.5. The molecule has 1 unspecified atom stereocenters. The van der Waals surface area contributed by atoms with Crippen LogP contribution in [0.4, 0.5) is 23.2 Å². The first-order valence-electron chi connectivity index (χ1n) is 5.00. The summed E-state index contributed by atoms with van der Waals surface area (Å²) < 4.78 is 50.8. The number of nitrogens with zero attached hydrogens (tertiary/aromatic N) is 3. The van der Waals surface area contributed by atoms with Crippen molar-refractivity contribution in [3.63, 3.8) is 0 Å². The zero-order chi connectivity index (χ0) is 13.5. The van der Waals surface area contributed by atoms with Crippen LogP contribution in [0.15, 0.2) is 22.5 Å². The van der Waals surface area contributed by atoms with Crippen molar-refractivity contribution in [2.45, 2.75) is 19.1 Å². The van der Waals surface area contributed by atoms with Crippen LogP contribution in [0.1, 0.15) is 5.56 Å². The normalized spacial score (nSPS) is 19.7. The molecule has 0 saturated carbocycles. The fraction of sp³-hybridized carbons (Fsp3) is 0.400. The van der Waals surface area contributed by atoms with E-state index >= 15 is 0 Å². The molecule has 1 aromatic carbocycles. The molecule has 0 amide bonds. The van der Waals surface area contributed by atoms with Gasteiger partial charge in [-0.15, -0.1) is 0 Å². The predicted octanol–water partition coefficient (Wildman–Crippen LogP) is 3.91. The van der Waals surface area contributed by atoms with Crippen LogP contribution in [0.5, 0.6) is 0 Å². The maximum Gasteiger partial charge on any atom is 0.414 e. The molecule has 1 atom stereocenters. The van der Waals surface area contributed by atoms with E-state index in [9.17, 15) is 17.6 Å². The van der Waals surface area contributed by atoms with Crippen LogP contribution in [-0.2, 0) is 0 Å². The highest BCUT2D eigenvalue weighted by atomic mass is 35.5. The summed E-state index contributed by atoms with van der Waals surface area (Å²) in [5.41, 5.74) is 0.372. The summed E-state index contributed by atoms with van der Waals surface area (Å²) in [6.45, 7) is 0.971.